The molecule has 19 heteroatoms. The van der Waals surface area contributed by atoms with Crippen molar-refractivity contribution in [3.05, 3.63) is 65.2 Å². The van der Waals surface area contributed by atoms with Crippen LogP contribution in [0.2, 0.25) is 5.02 Å². The summed E-state index contributed by atoms with van der Waals surface area (Å²) in [5, 5.41) is 23.3. The van der Waals surface area contributed by atoms with Gasteiger partial charge in [0.05, 0.1) is 37.8 Å². The molecule has 2 saturated heterocycles. The molecule has 0 spiro atoms. The molecule has 4 aliphatic rings. The molecule has 4 aromatic heterocycles. The van der Waals surface area contributed by atoms with Gasteiger partial charge in [-0.05, 0) is 43.9 Å². The van der Waals surface area contributed by atoms with Crippen molar-refractivity contribution in [3.63, 3.8) is 0 Å². The predicted molar refractivity (Wildman–Crippen MR) is 191 cm³/mol. The van der Waals surface area contributed by atoms with E-state index in [-0.39, 0.29) is 50.0 Å². The zero-order valence-electron chi connectivity index (χ0n) is 29.8. The zero-order chi connectivity index (χ0) is 39.0. The molecule has 0 bridgehead atoms. The standard InChI is InChI=1S/C18H21F3N4O2.C15H16ClF3N4.C3H6O2/c19-9-13-3-6-25(24-13)17-8-14(27-15-10-26-11-15)7-16(23-17)22-12-1-4-18(20,21)5-2-12;16-10-7-13(20-11-1-4-15(18,19)5-2-11)21-14(8-10)23-6-3-12(9-17)22-23;4-3-1-5-2-3/h3,6-8,12,15H,1-2,4-5,9-11H2,(H,22,23);3,6-8,11H,1-2,4-5,9H2,(H,20,21);3-4H,1-2H2. The summed E-state index contributed by atoms with van der Waals surface area (Å²) in [6, 6.07) is 9.69. The van der Waals surface area contributed by atoms with Crippen LogP contribution < -0.4 is 15.4 Å². The van der Waals surface area contributed by atoms with Gasteiger partial charge in [0.15, 0.2) is 11.6 Å². The van der Waals surface area contributed by atoms with Gasteiger partial charge in [-0.15, -0.1) is 0 Å². The van der Waals surface area contributed by atoms with Crippen molar-refractivity contribution in [2.75, 3.05) is 37.1 Å². The fraction of sp³-hybridized carbons (Fsp3) is 0.556. The first-order valence-electron chi connectivity index (χ1n) is 18.1. The normalized spacial score (nSPS) is 19.9. The van der Waals surface area contributed by atoms with Crippen LogP contribution in [0.15, 0.2) is 48.8 Å². The van der Waals surface area contributed by atoms with Crippen molar-refractivity contribution in [2.24, 2.45) is 0 Å². The van der Waals surface area contributed by atoms with Crippen LogP contribution >= 0.6 is 11.6 Å². The van der Waals surface area contributed by atoms with Gasteiger partial charge in [0, 0.05) is 73.4 Å². The van der Waals surface area contributed by atoms with E-state index in [0.717, 1.165) is 0 Å². The molecule has 2 aliphatic heterocycles. The average Bonchev–Trinajstić information content (AvgIpc) is 3.82. The Balaban J connectivity index is 0.000000167. The number of anilines is 2. The molecule has 0 aromatic carbocycles. The Morgan fingerprint density at radius 2 is 1.18 bits per heavy atom. The summed E-state index contributed by atoms with van der Waals surface area (Å²) in [4.78, 5) is 8.88. The summed E-state index contributed by atoms with van der Waals surface area (Å²) in [7, 11) is 0. The van der Waals surface area contributed by atoms with Gasteiger partial charge in [-0.2, -0.15) is 10.2 Å². The molecular weight excluding hydrogens is 758 g/mol. The minimum atomic E-state index is -2.58. The molecule has 0 radical (unpaired) electrons. The van der Waals surface area contributed by atoms with E-state index in [1.807, 2.05) is 0 Å². The van der Waals surface area contributed by atoms with Gasteiger partial charge < -0.3 is 30.0 Å². The molecule has 6 heterocycles. The molecule has 55 heavy (non-hydrogen) atoms. The largest absolute Gasteiger partial charge is 0.485 e. The number of ether oxygens (including phenoxy) is 3. The minimum absolute atomic E-state index is 0.0273. The molecule has 0 unspecified atom stereocenters. The maximum Gasteiger partial charge on any atom is 0.248 e. The molecule has 0 amide bonds. The number of halogens is 7. The molecule has 12 nitrogen and oxygen atoms in total. The van der Waals surface area contributed by atoms with E-state index in [4.69, 9.17) is 26.2 Å². The summed E-state index contributed by atoms with van der Waals surface area (Å²) in [6.07, 6.45) is 4.02. The lowest BCUT2D eigenvalue weighted by molar-refractivity contribution is -0.0936. The quantitative estimate of drug-likeness (QED) is 0.141. The molecule has 4 aromatic rings. The number of aliphatic hydroxyl groups excluding tert-OH is 1. The Kier molecular flexibility index (Phi) is 13.4. The first kappa shape index (κ1) is 40.5. The number of hydrogen-bond donors (Lipinski definition) is 3. The number of hydrogen-bond acceptors (Lipinski definition) is 10. The highest BCUT2D eigenvalue weighted by Gasteiger charge is 2.36. The van der Waals surface area contributed by atoms with Crippen LogP contribution in [-0.4, -0.2) is 97.2 Å². The highest BCUT2D eigenvalue weighted by atomic mass is 35.5. The summed E-state index contributed by atoms with van der Waals surface area (Å²) in [6.45, 7) is 0.802. The third kappa shape index (κ3) is 11.9. The van der Waals surface area contributed by atoms with E-state index < -0.39 is 25.2 Å². The van der Waals surface area contributed by atoms with Crippen molar-refractivity contribution in [1.82, 2.24) is 29.5 Å². The molecule has 3 N–H and O–H groups in total. The molecule has 2 saturated carbocycles. The van der Waals surface area contributed by atoms with Crippen LogP contribution in [0.4, 0.5) is 38.0 Å². The number of nitrogens with zero attached hydrogens (tertiary/aromatic N) is 6. The fourth-order valence-electron chi connectivity index (χ4n) is 6.03. The van der Waals surface area contributed by atoms with Crippen LogP contribution in [0.5, 0.6) is 5.75 Å². The number of nitrogens with one attached hydrogen (secondary N) is 2. The second-order valence-corrected chi connectivity index (χ2v) is 14.3. The molecule has 300 valence electrons. The topological polar surface area (TPSA) is 133 Å². The lowest BCUT2D eigenvalue weighted by Gasteiger charge is -2.30. The number of rotatable bonds is 10. The number of alkyl halides is 6. The van der Waals surface area contributed by atoms with Crippen molar-refractivity contribution in [3.8, 4) is 17.4 Å². The summed E-state index contributed by atoms with van der Waals surface area (Å²) in [5.41, 5.74) is 0.607. The smallest absolute Gasteiger partial charge is 0.248 e. The SMILES string of the molecule is FCc1ccn(-c2cc(Cl)cc(NC3CCC(F)(F)CC3)n2)n1.FCc1ccn(-c2cc(OC3COC3)cc(NC3CCC(F)(F)CC3)n2)n1.OC1COC1. The second kappa shape index (κ2) is 18.2. The first-order valence-corrected chi connectivity index (χ1v) is 18.4. The lowest BCUT2D eigenvalue weighted by Crippen LogP contribution is -2.38. The van der Waals surface area contributed by atoms with Gasteiger partial charge in [0.25, 0.3) is 0 Å². The zero-order valence-corrected chi connectivity index (χ0v) is 30.6. The van der Waals surface area contributed by atoms with Crippen molar-refractivity contribution in [2.45, 2.75) is 101 Å². The van der Waals surface area contributed by atoms with Crippen LogP contribution in [0, 0.1) is 0 Å². The minimum Gasteiger partial charge on any atom is -0.485 e. The molecular formula is C36H43ClF6N8O4. The summed E-state index contributed by atoms with van der Waals surface area (Å²) < 4.78 is 97.0. The van der Waals surface area contributed by atoms with Gasteiger partial charge in [-0.3, -0.25) is 0 Å². The van der Waals surface area contributed by atoms with Gasteiger partial charge in [-0.25, -0.2) is 45.7 Å². The third-order valence-electron chi connectivity index (χ3n) is 9.26. The molecule has 0 atom stereocenters. The van der Waals surface area contributed by atoms with Gasteiger partial charge in [0.1, 0.15) is 42.9 Å². The number of pyridine rings is 2. The number of aromatic nitrogens is 6. The Hall–Kier alpha value is -4.13. The number of aliphatic hydroxyl groups is 1. The van der Waals surface area contributed by atoms with Crippen LogP contribution in [-0.2, 0) is 22.8 Å². The van der Waals surface area contributed by atoms with Gasteiger partial charge in [0.2, 0.25) is 11.8 Å². The Morgan fingerprint density at radius 3 is 1.58 bits per heavy atom. The van der Waals surface area contributed by atoms with E-state index >= 15 is 0 Å². The van der Waals surface area contributed by atoms with E-state index in [1.165, 1.54) is 9.36 Å². The summed E-state index contributed by atoms with van der Waals surface area (Å²) >= 11 is 6.09. The average molecular weight is 801 g/mol. The molecule has 4 fully saturated rings. The van der Waals surface area contributed by atoms with Crippen LogP contribution in [0.1, 0.15) is 62.8 Å². The van der Waals surface area contributed by atoms with Gasteiger partial charge in [-0.1, -0.05) is 11.6 Å². The second-order valence-electron chi connectivity index (χ2n) is 13.9. The monoisotopic (exact) mass is 800 g/mol. The third-order valence-corrected chi connectivity index (χ3v) is 9.48. The van der Waals surface area contributed by atoms with E-state index in [9.17, 15) is 26.3 Å². The predicted octanol–water partition coefficient (Wildman–Crippen LogP) is 7.26. The van der Waals surface area contributed by atoms with E-state index in [0.29, 0.717) is 97.5 Å². The van der Waals surface area contributed by atoms with Crippen LogP contribution in [0.25, 0.3) is 11.6 Å². The Morgan fingerprint density at radius 1 is 0.727 bits per heavy atom. The van der Waals surface area contributed by atoms with Gasteiger partial charge >= 0.3 is 0 Å². The lowest BCUT2D eigenvalue weighted by atomic mass is 9.92. The Labute approximate surface area is 318 Å². The van der Waals surface area contributed by atoms with E-state index in [2.05, 4.69) is 35.5 Å². The molecule has 2 aliphatic carbocycles. The van der Waals surface area contributed by atoms with E-state index in [1.54, 1.807) is 48.8 Å². The highest BCUT2D eigenvalue weighted by Crippen LogP contribution is 2.36. The first-order chi connectivity index (χ1) is 26.3. The van der Waals surface area contributed by atoms with Crippen molar-refractivity contribution >= 4 is 23.2 Å². The van der Waals surface area contributed by atoms with Crippen molar-refractivity contribution in [1.29, 1.82) is 0 Å². The molecule has 8 rings (SSSR count). The summed E-state index contributed by atoms with van der Waals surface area (Å²) in [5.74, 6) is -2.63. The Bertz CT molecular complexity index is 1820. The van der Waals surface area contributed by atoms with Crippen molar-refractivity contribution < 1.29 is 45.7 Å². The maximum atomic E-state index is 13.4. The maximum absolute atomic E-state index is 13.4. The van der Waals surface area contributed by atoms with Crippen LogP contribution in [0.3, 0.4) is 0 Å². The fourth-order valence-corrected chi connectivity index (χ4v) is 6.23. The highest BCUT2D eigenvalue weighted by molar-refractivity contribution is 6.31.